The fraction of sp³-hybridized carbons (Fsp3) is 0.833. The number of nitrogens with one attached hydrogen (secondary N) is 2. The molecule has 1 fully saturated rings. The standard InChI is InChI=1S/C12H23N3O2/c1-9(10(16)13-3)7-15(4)11(17)12(2)5-6-14-8-12/h9,14H,5-8H2,1-4H3,(H,13,16). The van der Waals surface area contributed by atoms with Gasteiger partial charge in [0.25, 0.3) is 0 Å². The zero-order valence-electron chi connectivity index (χ0n) is 11.2. The van der Waals surface area contributed by atoms with Gasteiger partial charge in [0.1, 0.15) is 0 Å². The van der Waals surface area contributed by atoms with Crippen LogP contribution in [-0.4, -0.2) is 50.4 Å². The van der Waals surface area contributed by atoms with Crippen molar-refractivity contribution in [3.63, 3.8) is 0 Å². The molecule has 2 atom stereocenters. The molecule has 1 saturated heterocycles. The molecule has 1 heterocycles. The van der Waals surface area contributed by atoms with Crippen LogP contribution in [-0.2, 0) is 9.59 Å². The molecule has 2 unspecified atom stereocenters. The van der Waals surface area contributed by atoms with Gasteiger partial charge in [-0.25, -0.2) is 0 Å². The maximum absolute atomic E-state index is 12.3. The highest BCUT2D eigenvalue weighted by Gasteiger charge is 2.38. The van der Waals surface area contributed by atoms with Crippen molar-refractivity contribution in [1.82, 2.24) is 15.5 Å². The number of carbonyl (C=O) groups excluding carboxylic acids is 2. The number of hydrogen-bond donors (Lipinski definition) is 2. The van der Waals surface area contributed by atoms with Crippen LogP contribution < -0.4 is 10.6 Å². The number of amides is 2. The zero-order chi connectivity index (χ0) is 13.1. The lowest BCUT2D eigenvalue weighted by molar-refractivity contribution is -0.140. The summed E-state index contributed by atoms with van der Waals surface area (Å²) in [4.78, 5) is 25.4. The highest BCUT2D eigenvalue weighted by Crippen LogP contribution is 2.26. The average Bonchev–Trinajstić information content (AvgIpc) is 2.75. The van der Waals surface area contributed by atoms with E-state index in [0.717, 1.165) is 19.5 Å². The van der Waals surface area contributed by atoms with Crippen molar-refractivity contribution in [1.29, 1.82) is 0 Å². The highest BCUT2D eigenvalue weighted by atomic mass is 16.2. The van der Waals surface area contributed by atoms with Crippen LogP contribution in [0, 0.1) is 11.3 Å². The Morgan fingerprint density at radius 2 is 2.18 bits per heavy atom. The number of carbonyl (C=O) groups is 2. The zero-order valence-corrected chi connectivity index (χ0v) is 11.2. The third-order valence-corrected chi connectivity index (χ3v) is 3.47. The molecule has 17 heavy (non-hydrogen) atoms. The van der Waals surface area contributed by atoms with Gasteiger partial charge in [-0.1, -0.05) is 6.92 Å². The van der Waals surface area contributed by atoms with E-state index in [0.29, 0.717) is 6.54 Å². The van der Waals surface area contributed by atoms with Crippen LogP contribution in [0.3, 0.4) is 0 Å². The molecule has 5 nitrogen and oxygen atoms in total. The summed E-state index contributed by atoms with van der Waals surface area (Å²) >= 11 is 0. The molecule has 0 aromatic rings. The summed E-state index contributed by atoms with van der Waals surface area (Å²) in [7, 11) is 3.38. The van der Waals surface area contributed by atoms with Gasteiger partial charge in [-0.15, -0.1) is 0 Å². The van der Waals surface area contributed by atoms with Crippen LogP contribution in [0.4, 0.5) is 0 Å². The SMILES string of the molecule is CNC(=O)C(C)CN(C)C(=O)C1(C)CCNC1. The minimum atomic E-state index is -0.308. The van der Waals surface area contributed by atoms with Gasteiger partial charge in [0.15, 0.2) is 0 Å². The Hall–Kier alpha value is -1.10. The molecule has 0 saturated carbocycles. The topological polar surface area (TPSA) is 61.4 Å². The number of hydrogen-bond acceptors (Lipinski definition) is 3. The van der Waals surface area contributed by atoms with Crippen molar-refractivity contribution in [2.45, 2.75) is 20.3 Å². The number of rotatable bonds is 4. The molecular formula is C12H23N3O2. The first-order valence-corrected chi connectivity index (χ1v) is 6.08. The van der Waals surface area contributed by atoms with E-state index >= 15 is 0 Å². The lowest BCUT2D eigenvalue weighted by Gasteiger charge is -2.29. The van der Waals surface area contributed by atoms with Crippen molar-refractivity contribution < 1.29 is 9.59 Å². The van der Waals surface area contributed by atoms with Gasteiger partial charge in [0.05, 0.1) is 11.3 Å². The third kappa shape index (κ3) is 3.19. The van der Waals surface area contributed by atoms with E-state index in [1.165, 1.54) is 0 Å². The van der Waals surface area contributed by atoms with Crippen molar-refractivity contribution in [2.24, 2.45) is 11.3 Å². The summed E-state index contributed by atoms with van der Waals surface area (Å²) in [5.41, 5.74) is -0.308. The predicted octanol–water partition coefficient (Wildman–Crippen LogP) is -0.173. The lowest BCUT2D eigenvalue weighted by atomic mass is 9.88. The molecule has 1 rings (SSSR count). The summed E-state index contributed by atoms with van der Waals surface area (Å²) in [6, 6.07) is 0. The Kier molecular flexibility index (Phi) is 4.51. The smallest absolute Gasteiger partial charge is 0.229 e. The van der Waals surface area contributed by atoms with Crippen LogP contribution in [0.5, 0.6) is 0 Å². The van der Waals surface area contributed by atoms with Gasteiger partial charge in [-0.2, -0.15) is 0 Å². The Balaban J connectivity index is 2.55. The van der Waals surface area contributed by atoms with Crippen LogP contribution >= 0.6 is 0 Å². The Labute approximate surface area is 103 Å². The first-order chi connectivity index (χ1) is 7.90. The van der Waals surface area contributed by atoms with E-state index in [4.69, 9.17) is 0 Å². The van der Waals surface area contributed by atoms with E-state index < -0.39 is 0 Å². The van der Waals surface area contributed by atoms with Gasteiger partial charge in [0.2, 0.25) is 11.8 Å². The largest absolute Gasteiger partial charge is 0.359 e. The normalized spacial score (nSPS) is 25.4. The summed E-state index contributed by atoms with van der Waals surface area (Å²) < 4.78 is 0. The third-order valence-electron chi connectivity index (χ3n) is 3.47. The Morgan fingerprint density at radius 3 is 2.65 bits per heavy atom. The highest BCUT2D eigenvalue weighted by molar-refractivity contribution is 5.84. The average molecular weight is 241 g/mol. The Morgan fingerprint density at radius 1 is 1.53 bits per heavy atom. The van der Waals surface area contributed by atoms with Gasteiger partial charge < -0.3 is 15.5 Å². The van der Waals surface area contributed by atoms with E-state index in [9.17, 15) is 9.59 Å². The van der Waals surface area contributed by atoms with Crippen molar-refractivity contribution in [3.8, 4) is 0 Å². The molecule has 98 valence electrons. The molecule has 5 heteroatoms. The van der Waals surface area contributed by atoms with Crippen molar-refractivity contribution >= 4 is 11.8 Å². The molecular weight excluding hydrogens is 218 g/mol. The van der Waals surface area contributed by atoms with Gasteiger partial charge in [-0.05, 0) is 19.9 Å². The second-order valence-electron chi connectivity index (χ2n) is 5.19. The quantitative estimate of drug-likeness (QED) is 0.718. The van der Waals surface area contributed by atoms with E-state index in [1.807, 2.05) is 13.8 Å². The predicted molar refractivity (Wildman–Crippen MR) is 66.5 cm³/mol. The van der Waals surface area contributed by atoms with Crippen LogP contribution in [0.15, 0.2) is 0 Å². The minimum Gasteiger partial charge on any atom is -0.359 e. The van der Waals surface area contributed by atoms with Crippen LogP contribution in [0.1, 0.15) is 20.3 Å². The lowest BCUT2D eigenvalue weighted by Crippen LogP contribution is -2.45. The van der Waals surface area contributed by atoms with E-state index in [2.05, 4.69) is 10.6 Å². The Bertz CT molecular complexity index is 298. The molecule has 2 N–H and O–H groups in total. The van der Waals surface area contributed by atoms with E-state index in [-0.39, 0.29) is 23.1 Å². The minimum absolute atomic E-state index is 0.0284. The first kappa shape index (κ1) is 14.0. The second kappa shape index (κ2) is 5.49. The molecule has 2 amide bonds. The van der Waals surface area contributed by atoms with Gasteiger partial charge >= 0.3 is 0 Å². The second-order valence-corrected chi connectivity index (χ2v) is 5.19. The van der Waals surface area contributed by atoms with Gasteiger partial charge in [-0.3, -0.25) is 9.59 Å². The first-order valence-electron chi connectivity index (χ1n) is 6.08. The van der Waals surface area contributed by atoms with Gasteiger partial charge in [0, 0.05) is 27.2 Å². The van der Waals surface area contributed by atoms with Crippen molar-refractivity contribution in [2.75, 3.05) is 33.7 Å². The van der Waals surface area contributed by atoms with E-state index in [1.54, 1.807) is 19.0 Å². The summed E-state index contributed by atoms with van der Waals surface area (Å²) in [6.45, 7) is 5.90. The fourth-order valence-corrected chi connectivity index (χ4v) is 2.28. The molecule has 0 radical (unpaired) electrons. The fourth-order valence-electron chi connectivity index (χ4n) is 2.28. The monoisotopic (exact) mass is 241 g/mol. The van der Waals surface area contributed by atoms with Crippen LogP contribution in [0.25, 0.3) is 0 Å². The molecule has 1 aliphatic rings. The molecule has 0 aromatic heterocycles. The van der Waals surface area contributed by atoms with Crippen LogP contribution in [0.2, 0.25) is 0 Å². The molecule has 1 aliphatic heterocycles. The molecule has 0 aromatic carbocycles. The van der Waals surface area contributed by atoms with Crippen molar-refractivity contribution in [3.05, 3.63) is 0 Å². The number of nitrogens with zero attached hydrogens (tertiary/aromatic N) is 1. The summed E-state index contributed by atoms with van der Waals surface area (Å²) in [6.07, 6.45) is 0.866. The summed E-state index contributed by atoms with van der Waals surface area (Å²) in [5, 5.41) is 5.81. The molecule has 0 aliphatic carbocycles. The summed E-state index contributed by atoms with van der Waals surface area (Å²) in [5.74, 6) is -0.0792. The molecule has 0 bridgehead atoms. The molecule has 0 spiro atoms. The maximum atomic E-state index is 12.3. The maximum Gasteiger partial charge on any atom is 0.229 e.